The van der Waals surface area contributed by atoms with Crippen molar-refractivity contribution in [1.29, 1.82) is 0 Å². The molecule has 2 N–H and O–H groups in total. The fraction of sp³-hybridized carbons (Fsp3) is 0.440. The lowest BCUT2D eigenvalue weighted by atomic mass is 10.1. The fourth-order valence-electron chi connectivity index (χ4n) is 3.78. The molecule has 31 heavy (non-hydrogen) atoms. The van der Waals surface area contributed by atoms with Gasteiger partial charge in [-0.25, -0.2) is 0 Å². The van der Waals surface area contributed by atoms with Gasteiger partial charge in [0.15, 0.2) is 5.96 Å². The predicted octanol–water partition coefficient (Wildman–Crippen LogP) is 3.89. The lowest BCUT2D eigenvalue weighted by molar-refractivity contribution is 0.0724. The van der Waals surface area contributed by atoms with Crippen molar-refractivity contribution in [1.82, 2.24) is 15.5 Å². The van der Waals surface area contributed by atoms with Crippen LogP contribution in [0.1, 0.15) is 53.2 Å². The lowest BCUT2D eigenvalue weighted by Gasteiger charge is -2.26. The fourth-order valence-corrected chi connectivity index (χ4v) is 3.78. The van der Waals surface area contributed by atoms with Gasteiger partial charge in [-0.2, -0.15) is 0 Å². The van der Waals surface area contributed by atoms with Crippen molar-refractivity contribution < 1.29 is 9.53 Å². The second-order valence-electron chi connectivity index (χ2n) is 7.88. The molecular weight excluding hydrogens is 388 g/mol. The summed E-state index contributed by atoms with van der Waals surface area (Å²) in [7, 11) is 1.75. The number of guanidine groups is 1. The third kappa shape index (κ3) is 6.48. The molecule has 0 radical (unpaired) electrons. The summed E-state index contributed by atoms with van der Waals surface area (Å²) in [6, 6.07) is 14.1. The highest BCUT2D eigenvalue weighted by Gasteiger charge is 2.18. The Balaban J connectivity index is 1.57. The molecule has 2 aromatic rings. The van der Waals surface area contributed by atoms with Gasteiger partial charge in [-0.05, 0) is 62.4 Å². The molecule has 0 unspecified atom stereocenters. The van der Waals surface area contributed by atoms with Gasteiger partial charge in [0.25, 0.3) is 5.91 Å². The minimum absolute atomic E-state index is 0.131. The van der Waals surface area contributed by atoms with E-state index in [9.17, 15) is 4.79 Å². The molecule has 1 saturated heterocycles. The van der Waals surface area contributed by atoms with Crippen molar-refractivity contribution in [2.75, 3.05) is 26.7 Å². The number of aliphatic imine (C=N–C) groups is 1. The van der Waals surface area contributed by atoms with E-state index in [-0.39, 0.29) is 5.91 Å². The number of amides is 1. The Kier molecular flexibility index (Phi) is 8.33. The van der Waals surface area contributed by atoms with Crippen LogP contribution >= 0.6 is 0 Å². The molecule has 1 aliphatic rings. The predicted molar refractivity (Wildman–Crippen MR) is 126 cm³/mol. The number of carbonyl (C=O) groups excluding carboxylic acids is 1. The molecule has 6 nitrogen and oxygen atoms in total. The standard InChI is InChI=1S/C25H34N4O2/c1-4-31-23-15-19(2)11-12-22(23)18-28-25(26-3)27-17-20-9-8-10-21(16-20)24(30)29-13-6-5-7-14-29/h8-12,15-16H,4-7,13-14,17-18H2,1-3H3,(H2,26,27,28). The van der Waals surface area contributed by atoms with Gasteiger partial charge >= 0.3 is 0 Å². The highest BCUT2D eigenvalue weighted by atomic mass is 16.5. The molecule has 1 fully saturated rings. The van der Waals surface area contributed by atoms with E-state index in [0.717, 1.165) is 48.4 Å². The van der Waals surface area contributed by atoms with Crippen LogP contribution in [0, 0.1) is 6.92 Å². The maximum atomic E-state index is 12.8. The van der Waals surface area contributed by atoms with Crippen molar-refractivity contribution in [3.63, 3.8) is 0 Å². The highest BCUT2D eigenvalue weighted by molar-refractivity contribution is 5.94. The monoisotopic (exact) mass is 422 g/mol. The van der Waals surface area contributed by atoms with E-state index in [0.29, 0.717) is 25.7 Å². The van der Waals surface area contributed by atoms with Crippen molar-refractivity contribution in [2.45, 2.75) is 46.2 Å². The molecule has 0 spiro atoms. The van der Waals surface area contributed by atoms with E-state index in [1.165, 1.54) is 12.0 Å². The Morgan fingerprint density at radius 2 is 1.84 bits per heavy atom. The summed E-state index contributed by atoms with van der Waals surface area (Å²) in [4.78, 5) is 19.1. The number of hydrogen-bond acceptors (Lipinski definition) is 3. The van der Waals surface area contributed by atoms with Crippen LogP contribution in [0.4, 0.5) is 0 Å². The molecule has 0 saturated carbocycles. The first-order valence-corrected chi connectivity index (χ1v) is 11.2. The molecule has 3 rings (SSSR count). The van der Waals surface area contributed by atoms with Gasteiger partial charge in [0.2, 0.25) is 0 Å². The summed E-state index contributed by atoms with van der Waals surface area (Å²) in [6.45, 7) is 7.61. The molecule has 0 bridgehead atoms. The zero-order valence-electron chi connectivity index (χ0n) is 18.9. The lowest BCUT2D eigenvalue weighted by Crippen LogP contribution is -2.37. The molecule has 1 amide bonds. The van der Waals surface area contributed by atoms with Gasteiger partial charge < -0.3 is 20.3 Å². The smallest absolute Gasteiger partial charge is 0.253 e. The first-order chi connectivity index (χ1) is 15.1. The van der Waals surface area contributed by atoms with E-state index in [2.05, 4.69) is 40.7 Å². The van der Waals surface area contributed by atoms with Crippen LogP contribution in [-0.2, 0) is 13.1 Å². The summed E-state index contributed by atoms with van der Waals surface area (Å²) in [5.41, 5.74) is 4.07. The quantitative estimate of drug-likeness (QED) is 0.525. The van der Waals surface area contributed by atoms with E-state index >= 15 is 0 Å². The number of aryl methyl sites for hydroxylation is 1. The van der Waals surface area contributed by atoms with Gasteiger partial charge in [0.05, 0.1) is 6.61 Å². The minimum Gasteiger partial charge on any atom is -0.494 e. The molecule has 0 atom stereocenters. The van der Waals surface area contributed by atoms with Gasteiger partial charge in [0.1, 0.15) is 5.75 Å². The largest absolute Gasteiger partial charge is 0.494 e. The molecular formula is C25H34N4O2. The number of rotatable bonds is 7. The number of ether oxygens (including phenoxy) is 1. The Hall–Kier alpha value is -3.02. The van der Waals surface area contributed by atoms with E-state index in [1.807, 2.05) is 36.1 Å². The van der Waals surface area contributed by atoms with Crippen LogP contribution in [0.15, 0.2) is 47.5 Å². The van der Waals surface area contributed by atoms with Crippen molar-refractivity contribution >= 4 is 11.9 Å². The normalized spacial score (nSPS) is 14.3. The van der Waals surface area contributed by atoms with Crippen LogP contribution < -0.4 is 15.4 Å². The van der Waals surface area contributed by atoms with Gasteiger partial charge in [-0.15, -0.1) is 0 Å². The number of nitrogens with one attached hydrogen (secondary N) is 2. The zero-order chi connectivity index (χ0) is 22.1. The number of nitrogens with zero attached hydrogens (tertiary/aromatic N) is 2. The maximum absolute atomic E-state index is 12.8. The SMILES string of the molecule is CCOc1cc(C)ccc1CNC(=NC)NCc1cccc(C(=O)N2CCCCC2)c1. The second-order valence-corrected chi connectivity index (χ2v) is 7.88. The van der Waals surface area contributed by atoms with Crippen molar-refractivity contribution in [3.05, 3.63) is 64.7 Å². The summed E-state index contributed by atoms with van der Waals surface area (Å²) in [5.74, 6) is 1.73. The molecule has 0 aliphatic carbocycles. The van der Waals surface area contributed by atoms with Gasteiger partial charge in [-0.3, -0.25) is 9.79 Å². The first-order valence-electron chi connectivity index (χ1n) is 11.2. The molecule has 2 aromatic carbocycles. The van der Waals surface area contributed by atoms with E-state index < -0.39 is 0 Å². The van der Waals surface area contributed by atoms with Gasteiger partial charge in [-0.1, -0.05) is 24.3 Å². The van der Waals surface area contributed by atoms with Crippen LogP contribution in [0.5, 0.6) is 5.75 Å². The van der Waals surface area contributed by atoms with Crippen LogP contribution in [0.2, 0.25) is 0 Å². The molecule has 1 aliphatic heterocycles. The molecule has 166 valence electrons. The average molecular weight is 423 g/mol. The Morgan fingerprint density at radius 3 is 2.58 bits per heavy atom. The second kappa shape index (κ2) is 11.4. The number of hydrogen-bond donors (Lipinski definition) is 2. The van der Waals surface area contributed by atoms with Crippen LogP contribution in [0.25, 0.3) is 0 Å². The zero-order valence-corrected chi connectivity index (χ0v) is 18.9. The van der Waals surface area contributed by atoms with E-state index in [1.54, 1.807) is 7.05 Å². The Bertz CT molecular complexity index is 904. The topological polar surface area (TPSA) is 66.0 Å². The third-order valence-corrected chi connectivity index (χ3v) is 5.47. The summed E-state index contributed by atoms with van der Waals surface area (Å²) in [5, 5.41) is 6.68. The van der Waals surface area contributed by atoms with Crippen LogP contribution in [-0.4, -0.2) is 43.5 Å². The number of piperidine rings is 1. The maximum Gasteiger partial charge on any atom is 0.253 e. The summed E-state index contributed by atoms with van der Waals surface area (Å²) >= 11 is 0. The van der Waals surface area contributed by atoms with Crippen molar-refractivity contribution in [3.8, 4) is 5.75 Å². The van der Waals surface area contributed by atoms with E-state index in [4.69, 9.17) is 4.74 Å². The van der Waals surface area contributed by atoms with Gasteiger partial charge in [0, 0.05) is 44.4 Å². The third-order valence-electron chi connectivity index (χ3n) is 5.47. The number of benzene rings is 2. The highest BCUT2D eigenvalue weighted by Crippen LogP contribution is 2.20. The van der Waals surface area contributed by atoms with Crippen LogP contribution in [0.3, 0.4) is 0 Å². The molecule has 1 heterocycles. The number of likely N-dealkylation sites (tertiary alicyclic amines) is 1. The minimum atomic E-state index is 0.131. The molecule has 6 heteroatoms. The number of carbonyl (C=O) groups is 1. The van der Waals surface area contributed by atoms with Crippen molar-refractivity contribution in [2.24, 2.45) is 4.99 Å². The average Bonchev–Trinajstić information content (AvgIpc) is 2.81. The Morgan fingerprint density at radius 1 is 1.06 bits per heavy atom. The summed E-state index contributed by atoms with van der Waals surface area (Å²) in [6.07, 6.45) is 3.41. The molecule has 0 aromatic heterocycles. The Labute approximate surface area is 185 Å². The summed E-state index contributed by atoms with van der Waals surface area (Å²) < 4.78 is 5.76. The first kappa shape index (κ1) is 22.7.